The molecule has 0 aromatic carbocycles. The molecular formula is C14H18ClN3O2. The van der Waals surface area contributed by atoms with E-state index in [1.54, 1.807) is 12.1 Å². The highest BCUT2D eigenvalue weighted by Gasteiger charge is 2.22. The van der Waals surface area contributed by atoms with Crippen LogP contribution in [0.3, 0.4) is 0 Å². The number of nitrogens with one attached hydrogen (secondary N) is 2. The quantitative estimate of drug-likeness (QED) is 0.876. The molecule has 1 aliphatic carbocycles. The van der Waals surface area contributed by atoms with E-state index in [9.17, 15) is 9.59 Å². The third-order valence-electron chi connectivity index (χ3n) is 3.37. The van der Waals surface area contributed by atoms with Crippen molar-refractivity contribution in [3.8, 4) is 0 Å². The van der Waals surface area contributed by atoms with Crippen molar-refractivity contribution in [3.05, 3.63) is 23.4 Å². The van der Waals surface area contributed by atoms with Gasteiger partial charge in [-0.05, 0) is 25.0 Å². The molecule has 108 valence electrons. The number of carbonyl (C=O) groups excluding carboxylic acids is 2. The van der Waals surface area contributed by atoms with Crippen LogP contribution in [0.1, 0.15) is 32.1 Å². The number of hydrogen-bond donors (Lipinski definition) is 2. The Morgan fingerprint density at radius 2 is 2.05 bits per heavy atom. The average Bonchev–Trinajstić information content (AvgIpc) is 2.95. The van der Waals surface area contributed by atoms with Crippen molar-refractivity contribution in [1.29, 1.82) is 0 Å². The van der Waals surface area contributed by atoms with E-state index < -0.39 is 0 Å². The largest absolute Gasteiger partial charge is 0.355 e. The van der Waals surface area contributed by atoms with Gasteiger partial charge in [0.25, 0.3) is 0 Å². The summed E-state index contributed by atoms with van der Waals surface area (Å²) in [7, 11) is 0. The molecule has 1 aliphatic rings. The SMILES string of the molecule is O=C(CCNC(=O)C1CCCC1)Nc1ccc(Cl)cn1. The lowest BCUT2D eigenvalue weighted by atomic mass is 10.1. The first kappa shape index (κ1) is 14.8. The maximum Gasteiger partial charge on any atom is 0.227 e. The molecule has 2 amide bonds. The molecule has 1 aromatic rings. The van der Waals surface area contributed by atoms with Gasteiger partial charge in [-0.25, -0.2) is 4.98 Å². The molecule has 0 atom stereocenters. The summed E-state index contributed by atoms with van der Waals surface area (Å²) in [5, 5.41) is 5.98. The second-order valence-electron chi connectivity index (χ2n) is 4.93. The minimum Gasteiger partial charge on any atom is -0.355 e. The summed E-state index contributed by atoms with van der Waals surface area (Å²) in [5.41, 5.74) is 0. The number of amides is 2. The van der Waals surface area contributed by atoms with Crippen molar-refractivity contribution in [1.82, 2.24) is 10.3 Å². The topological polar surface area (TPSA) is 71.1 Å². The predicted octanol–water partition coefficient (Wildman–Crippen LogP) is 2.37. The molecule has 0 bridgehead atoms. The summed E-state index contributed by atoms with van der Waals surface area (Å²) in [4.78, 5) is 27.4. The Balaban J connectivity index is 1.67. The van der Waals surface area contributed by atoms with Gasteiger partial charge in [0.2, 0.25) is 11.8 Å². The van der Waals surface area contributed by atoms with Crippen LogP contribution in [-0.4, -0.2) is 23.3 Å². The molecule has 1 aromatic heterocycles. The fourth-order valence-electron chi connectivity index (χ4n) is 2.29. The van der Waals surface area contributed by atoms with Gasteiger partial charge in [-0.2, -0.15) is 0 Å². The predicted molar refractivity (Wildman–Crippen MR) is 77.5 cm³/mol. The van der Waals surface area contributed by atoms with E-state index in [4.69, 9.17) is 11.6 Å². The first-order valence-corrected chi connectivity index (χ1v) is 7.22. The Kier molecular flexibility index (Phi) is 5.35. The molecule has 1 saturated carbocycles. The average molecular weight is 296 g/mol. The normalized spacial score (nSPS) is 15.1. The molecule has 1 heterocycles. The molecule has 0 spiro atoms. The third kappa shape index (κ3) is 4.49. The fourth-order valence-corrected chi connectivity index (χ4v) is 2.40. The van der Waals surface area contributed by atoms with Crippen LogP contribution in [-0.2, 0) is 9.59 Å². The number of aromatic nitrogens is 1. The van der Waals surface area contributed by atoms with E-state index in [2.05, 4.69) is 15.6 Å². The van der Waals surface area contributed by atoms with Crippen LogP contribution in [0.2, 0.25) is 5.02 Å². The first-order valence-electron chi connectivity index (χ1n) is 6.84. The fraction of sp³-hybridized carbons (Fsp3) is 0.500. The lowest BCUT2D eigenvalue weighted by Crippen LogP contribution is -2.32. The van der Waals surface area contributed by atoms with E-state index in [1.165, 1.54) is 6.20 Å². The molecule has 2 N–H and O–H groups in total. The van der Waals surface area contributed by atoms with Crippen LogP contribution >= 0.6 is 11.6 Å². The van der Waals surface area contributed by atoms with Gasteiger partial charge in [0, 0.05) is 25.1 Å². The van der Waals surface area contributed by atoms with Crippen molar-refractivity contribution >= 4 is 29.2 Å². The van der Waals surface area contributed by atoms with E-state index in [0.29, 0.717) is 17.4 Å². The number of pyridine rings is 1. The second-order valence-corrected chi connectivity index (χ2v) is 5.37. The minimum absolute atomic E-state index is 0.0694. The number of carbonyl (C=O) groups is 2. The van der Waals surface area contributed by atoms with Gasteiger partial charge in [-0.3, -0.25) is 9.59 Å². The van der Waals surface area contributed by atoms with Gasteiger partial charge < -0.3 is 10.6 Å². The van der Waals surface area contributed by atoms with Crippen molar-refractivity contribution < 1.29 is 9.59 Å². The van der Waals surface area contributed by atoms with Crippen LogP contribution in [0.5, 0.6) is 0 Å². The zero-order valence-corrected chi connectivity index (χ0v) is 11.9. The Bertz CT molecular complexity index is 470. The van der Waals surface area contributed by atoms with Crippen LogP contribution in [0.25, 0.3) is 0 Å². The highest BCUT2D eigenvalue weighted by molar-refractivity contribution is 6.30. The highest BCUT2D eigenvalue weighted by atomic mass is 35.5. The monoisotopic (exact) mass is 295 g/mol. The van der Waals surface area contributed by atoms with Crippen LogP contribution in [0, 0.1) is 5.92 Å². The van der Waals surface area contributed by atoms with Crippen molar-refractivity contribution in [2.75, 3.05) is 11.9 Å². The zero-order valence-electron chi connectivity index (χ0n) is 11.2. The Hall–Kier alpha value is -1.62. The van der Waals surface area contributed by atoms with Crippen LogP contribution < -0.4 is 10.6 Å². The first-order chi connectivity index (χ1) is 9.65. The number of halogens is 1. The van der Waals surface area contributed by atoms with Crippen LogP contribution in [0.15, 0.2) is 18.3 Å². The van der Waals surface area contributed by atoms with E-state index in [1.807, 2.05) is 0 Å². The summed E-state index contributed by atoms with van der Waals surface area (Å²) < 4.78 is 0. The van der Waals surface area contributed by atoms with Gasteiger partial charge in [0.15, 0.2) is 0 Å². The van der Waals surface area contributed by atoms with E-state index in [0.717, 1.165) is 25.7 Å². The molecule has 0 radical (unpaired) electrons. The summed E-state index contributed by atoms with van der Waals surface area (Å²) in [6, 6.07) is 3.30. The van der Waals surface area contributed by atoms with Gasteiger partial charge in [0.1, 0.15) is 5.82 Å². The summed E-state index contributed by atoms with van der Waals surface area (Å²) in [6.45, 7) is 0.356. The van der Waals surface area contributed by atoms with Crippen molar-refractivity contribution in [2.45, 2.75) is 32.1 Å². The molecular weight excluding hydrogens is 278 g/mol. The second kappa shape index (κ2) is 7.24. The van der Waals surface area contributed by atoms with E-state index >= 15 is 0 Å². The van der Waals surface area contributed by atoms with Gasteiger partial charge in [-0.15, -0.1) is 0 Å². The maximum atomic E-state index is 11.8. The molecule has 20 heavy (non-hydrogen) atoms. The molecule has 2 rings (SSSR count). The molecule has 0 saturated heterocycles. The lowest BCUT2D eigenvalue weighted by Gasteiger charge is -2.10. The Labute approximate surface area is 123 Å². The van der Waals surface area contributed by atoms with Crippen LogP contribution in [0.4, 0.5) is 5.82 Å². The maximum absolute atomic E-state index is 11.8. The number of hydrogen-bond acceptors (Lipinski definition) is 3. The lowest BCUT2D eigenvalue weighted by molar-refractivity contribution is -0.124. The van der Waals surface area contributed by atoms with Gasteiger partial charge in [-0.1, -0.05) is 24.4 Å². The number of anilines is 1. The zero-order chi connectivity index (χ0) is 14.4. The molecule has 0 unspecified atom stereocenters. The van der Waals surface area contributed by atoms with Crippen molar-refractivity contribution in [2.24, 2.45) is 5.92 Å². The van der Waals surface area contributed by atoms with Gasteiger partial charge in [0.05, 0.1) is 5.02 Å². The number of rotatable bonds is 5. The minimum atomic E-state index is -0.174. The Morgan fingerprint density at radius 1 is 1.30 bits per heavy atom. The molecule has 5 nitrogen and oxygen atoms in total. The standard InChI is InChI=1S/C14H18ClN3O2/c15-11-5-6-12(17-9-11)18-13(19)7-8-16-14(20)10-3-1-2-4-10/h5-6,9-10H,1-4,7-8H2,(H,16,20)(H,17,18,19). The summed E-state index contributed by atoms with van der Waals surface area (Å²) in [6.07, 6.45) is 5.89. The Morgan fingerprint density at radius 3 is 2.70 bits per heavy atom. The van der Waals surface area contributed by atoms with E-state index in [-0.39, 0.29) is 24.2 Å². The van der Waals surface area contributed by atoms with Crippen molar-refractivity contribution in [3.63, 3.8) is 0 Å². The van der Waals surface area contributed by atoms with Gasteiger partial charge >= 0.3 is 0 Å². The smallest absolute Gasteiger partial charge is 0.227 e. The molecule has 6 heteroatoms. The highest BCUT2D eigenvalue weighted by Crippen LogP contribution is 2.24. The molecule has 1 fully saturated rings. The summed E-state index contributed by atoms with van der Waals surface area (Å²) >= 11 is 5.71. The molecule has 0 aliphatic heterocycles. The summed E-state index contributed by atoms with van der Waals surface area (Å²) in [5.74, 6) is 0.490. The third-order valence-corrected chi connectivity index (χ3v) is 3.60. The number of nitrogens with zero attached hydrogens (tertiary/aromatic N) is 1.